The Morgan fingerprint density at radius 1 is 1.22 bits per heavy atom. The van der Waals surface area contributed by atoms with Gasteiger partial charge >= 0.3 is 0 Å². The summed E-state index contributed by atoms with van der Waals surface area (Å²) >= 11 is 0. The van der Waals surface area contributed by atoms with E-state index in [0.717, 1.165) is 0 Å². The Labute approximate surface area is 104 Å². The molecule has 0 aliphatic heterocycles. The molecule has 0 bridgehead atoms. The lowest BCUT2D eigenvalue weighted by atomic mass is 10.1. The maximum atomic E-state index is 13.1. The van der Waals surface area contributed by atoms with Crippen molar-refractivity contribution >= 4 is 5.69 Å². The minimum Gasteiger partial charge on any atom is -0.290 e. The van der Waals surface area contributed by atoms with Crippen LogP contribution in [0.15, 0.2) is 35.1 Å². The molecule has 2 rings (SSSR count). The van der Waals surface area contributed by atoms with Crippen molar-refractivity contribution in [2.24, 2.45) is 0 Å². The molecule has 0 atom stereocenters. The number of pyridine rings is 1. The minimum atomic E-state index is -0.375. The fourth-order valence-electron chi connectivity index (χ4n) is 1.87. The summed E-state index contributed by atoms with van der Waals surface area (Å²) in [5.74, 6) is -0.344. The molecule has 0 unspecified atom stereocenters. The molecule has 0 N–H and O–H groups in total. The molecule has 0 spiro atoms. The van der Waals surface area contributed by atoms with E-state index in [1.165, 1.54) is 22.8 Å². The summed E-state index contributed by atoms with van der Waals surface area (Å²) < 4.78 is 14.5. The van der Waals surface area contributed by atoms with Crippen LogP contribution in [0.3, 0.4) is 0 Å². The van der Waals surface area contributed by atoms with Gasteiger partial charge in [-0.2, -0.15) is 0 Å². The van der Waals surface area contributed by atoms with Crippen LogP contribution in [0.5, 0.6) is 0 Å². The van der Waals surface area contributed by atoms with Gasteiger partial charge in [0.05, 0.1) is 12.3 Å². The number of aromatic nitrogens is 1. The molecule has 1 aromatic heterocycles. The summed E-state index contributed by atoms with van der Waals surface area (Å²) in [7, 11) is 0. The molecular weight excluding hydrogens is 231 g/mol. The third kappa shape index (κ3) is 1.91. The van der Waals surface area contributed by atoms with Crippen molar-refractivity contribution in [3.05, 3.63) is 69.2 Å². The highest BCUT2D eigenvalue weighted by atomic mass is 19.1. The van der Waals surface area contributed by atoms with E-state index in [0.29, 0.717) is 16.9 Å². The Morgan fingerprint density at radius 2 is 1.94 bits per heavy atom. The summed E-state index contributed by atoms with van der Waals surface area (Å²) in [6, 6.07) is 7.43. The fraction of sp³-hybridized carbons (Fsp3) is 0.143. The summed E-state index contributed by atoms with van der Waals surface area (Å²) in [6.07, 6.45) is 0. The molecule has 0 aliphatic rings. The molecule has 0 aliphatic carbocycles. The van der Waals surface area contributed by atoms with Crippen molar-refractivity contribution in [2.45, 2.75) is 13.8 Å². The quantitative estimate of drug-likeness (QED) is 0.705. The normalized spacial score (nSPS) is 10.1. The second kappa shape index (κ2) is 4.46. The van der Waals surface area contributed by atoms with E-state index in [1.54, 1.807) is 26.0 Å². The van der Waals surface area contributed by atoms with Gasteiger partial charge in [0.25, 0.3) is 11.2 Å². The number of hydrogen-bond acceptors (Lipinski definition) is 1. The molecule has 0 amide bonds. The van der Waals surface area contributed by atoms with Crippen molar-refractivity contribution in [1.29, 1.82) is 0 Å². The molecule has 90 valence electrons. The van der Waals surface area contributed by atoms with Gasteiger partial charge in [-0.05, 0) is 43.7 Å². The number of halogens is 1. The van der Waals surface area contributed by atoms with Gasteiger partial charge in [-0.1, -0.05) is 6.07 Å². The summed E-state index contributed by atoms with van der Waals surface area (Å²) in [5, 5.41) is 0. The van der Waals surface area contributed by atoms with Crippen LogP contribution in [-0.4, -0.2) is 4.57 Å². The van der Waals surface area contributed by atoms with Gasteiger partial charge in [0.15, 0.2) is 0 Å². The Bertz CT molecular complexity index is 711. The smallest absolute Gasteiger partial charge is 0.261 e. The van der Waals surface area contributed by atoms with Crippen LogP contribution in [0.25, 0.3) is 10.5 Å². The van der Waals surface area contributed by atoms with Crippen LogP contribution in [0, 0.1) is 26.2 Å². The van der Waals surface area contributed by atoms with Gasteiger partial charge in [-0.3, -0.25) is 9.36 Å². The van der Waals surface area contributed by atoms with E-state index in [1.807, 2.05) is 0 Å². The fourth-order valence-corrected chi connectivity index (χ4v) is 1.87. The second-order valence-corrected chi connectivity index (χ2v) is 4.04. The van der Waals surface area contributed by atoms with E-state index >= 15 is 0 Å². The van der Waals surface area contributed by atoms with E-state index in [4.69, 9.17) is 6.57 Å². The first-order chi connectivity index (χ1) is 8.54. The summed E-state index contributed by atoms with van der Waals surface area (Å²) in [5.41, 5.74) is 1.65. The SMILES string of the molecule is [C-]#[N+]c1ccc(C)n(-c2ccc(F)cc2C)c1=O. The van der Waals surface area contributed by atoms with Crippen LogP contribution >= 0.6 is 0 Å². The predicted molar refractivity (Wildman–Crippen MR) is 67.7 cm³/mol. The average Bonchev–Trinajstić information content (AvgIpc) is 2.32. The average molecular weight is 242 g/mol. The minimum absolute atomic E-state index is 0.0596. The van der Waals surface area contributed by atoms with Gasteiger partial charge < -0.3 is 0 Å². The highest BCUT2D eigenvalue weighted by Gasteiger charge is 2.10. The van der Waals surface area contributed by atoms with Crippen molar-refractivity contribution in [1.82, 2.24) is 4.57 Å². The molecule has 18 heavy (non-hydrogen) atoms. The highest BCUT2D eigenvalue weighted by Crippen LogP contribution is 2.17. The van der Waals surface area contributed by atoms with Crippen molar-refractivity contribution < 1.29 is 4.39 Å². The Morgan fingerprint density at radius 3 is 2.56 bits per heavy atom. The molecule has 1 heterocycles. The van der Waals surface area contributed by atoms with E-state index in [2.05, 4.69) is 4.85 Å². The molecule has 2 aromatic rings. The van der Waals surface area contributed by atoms with Gasteiger partial charge in [0, 0.05) is 5.69 Å². The first kappa shape index (κ1) is 12.1. The van der Waals surface area contributed by atoms with Crippen LogP contribution in [-0.2, 0) is 0 Å². The zero-order valence-electron chi connectivity index (χ0n) is 10.1. The molecule has 0 saturated heterocycles. The largest absolute Gasteiger partial charge is 0.290 e. The molecular formula is C14H11FN2O. The number of benzene rings is 1. The molecule has 0 saturated carbocycles. The van der Waals surface area contributed by atoms with Gasteiger partial charge in [-0.25, -0.2) is 9.24 Å². The Kier molecular flexibility index (Phi) is 2.99. The van der Waals surface area contributed by atoms with E-state index < -0.39 is 0 Å². The van der Waals surface area contributed by atoms with Crippen molar-refractivity contribution in [3.63, 3.8) is 0 Å². The van der Waals surface area contributed by atoms with Crippen LogP contribution in [0.1, 0.15) is 11.3 Å². The first-order valence-electron chi connectivity index (χ1n) is 5.41. The standard InChI is InChI=1S/C14H11FN2O/c1-9-8-11(15)5-7-13(9)17-10(2)4-6-12(16-3)14(17)18/h4-8H,1-2H3. The molecule has 3 nitrogen and oxygen atoms in total. The van der Waals surface area contributed by atoms with Gasteiger partial charge in [0.1, 0.15) is 5.82 Å². The van der Waals surface area contributed by atoms with E-state index in [9.17, 15) is 9.18 Å². The third-order valence-electron chi connectivity index (χ3n) is 2.78. The van der Waals surface area contributed by atoms with Gasteiger partial charge in [0.2, 0.25) is 0 Å². The Balaban J connectivity index is 2.79. The van der Waals surface area contributed by atoms with Crippen molar-refractivity contribution in [3.8, 4) is 5.69 Å². The number of hydrogen-bond donors (Lipinski definition) is 0. The maximum Gasteiger partial charge on any atom is 0.261 e. The number of aryl methyl sites for hydroxylation is 2. The lowest BCUT2D eigenvalue weighted by Gasteiger charge is -2.13. The zero-order valence-corrected chi connectivity index (χ0v) is 10.1. The predicted octanol–water partition coefficient (Wildman–Crippen LogP) is 3.14. The topological polar surface area (TPSA) is 26.4 Å². The Hall–Kier alpha value is -2.41. The maximum absolute atomic E-state index is 13.1. The number of nitrogens with zero attached hydrogens (tertiary/aromatic N) is 2. The molecule has 0 radical (unpaired) electrons. The third-order valence-corrected chi connectivity index (χ3v) is 2.78. The van der Waals surface area contributed by atoms with E-state index in [-0.39, 0.29) is 17.1 Å². The number of rotatable bonds is 1. The van der Waals surface area contributed by atoms with Gasteiger partial charge in [-0.15, -0.1) is 0 Å². The molecule has 0 fully saturated rings. The molecule has 4 heteroatoms. The van der Waals surface area contributed by atoms with Crippen LogP contribution in [0.2, 0.25) is 0 Å². The van der Waals surface area contributed by atoms with Crippen molar-refractivity contribution in [2.75, 3.05) is 0 Å². The monoisotopic (exact) mass is 242 g/mol. The summed E-state index contributed by atoms with van der Waals surface area (Å²) in [6.45, 7) is 10.5. The first-order valence-corrected chi connectivity index (χ1v) is 5.41. The molecule has 1 aromatic carbocycles. The summed E-state index contributed by atoms with van der Waals surface area (Å²) in [4.78, 5) is 15.3. The van der Waals surface area contributed by atoms with Crippen LogP contribution in [0.4, 0.5) is 10.1 Å². The zero-order chi connectivity index (χ0) is 13.3. The second-order valence-electron chi connectivity index (χ2n) is 4.04. The van der Waals surface area contributed by atoms with Crippen LogP contribution < -0.4 is 5.56 Å². The lowest BCUT2D eigenvalue weighted by Crippen LogP contribution is -2.20. The lowest BCUT2D eigenvalue weighted by molar-refractivity contribution is 0.626. The highest BCUT2D eigenvalue weighted by molar-refractivity contribution is 5.49.